The highest BCUT2D eigenvalue weighted by Gasteiger charge is 2.17. The van der Waals surface area contributed by atoms with Crippen molar-refractivity contribution in [1.82, 2.24) is 5.32 Å². The Morgan fingerprint density at radius 3 is 1.70 bits per heavy atom. The third-order valence-electron chi connectivity index (χ3n) is 4.23. The highest BCUT2D eigenvalue weighted by molar-refractivity contribution is 5.69. The number of hydrogen-bond donors (Lipinski definition) is 2. The van der Waals surface area contributed by atoms with Crippen LogP contribution in [0.2, 0.25) is 0 Å². The molecule has 162 valence electrons. The predicted molar refractivity (Wildman–Crippen MR) is 109 cm³/mol. The smallest absolute Gasteiger partial charge is 0.317 e. The number of aliphatic carboxylic acids is 2. The largest absolute Gasteiger partial charge is 0.544 e. The van der Waals surface area contributed by atoms with Gasteiger partial charge in [-0.25, -0.2) is 0 Å². The summed E-state index contributed by atoms with van der Waals surface area (Å²) in [4.78, 5) is 20.4. The van der Waals surface area contributed by atoms with Gasteiger partial charge in [-0.3, -0.25) is 4.79 Å². The molecule has 0 aromatic heterocycles. The lowest BCUT2D eigenvalue weighted by molar-refractivity contribution is -0.864. The van der Waals surface area contributed by atoms with E-state index in [4.69, 9.17) is 5.11 Å². The third kappa shape index (κ3) is 27.2. The molecule has 0 atom stereocenters. The van der Waals surface area contributed by atoms with Gasteiger partial charge in [-0.1, -0.05) is 64.7 Å². The number of nitrogens with zero attached hydrogens (tertiary/aromatic N) is 1. The van der Waals surface area contributed by atoms with Crippen LogP contribution in [0.3, 0.4) is 0 Å². The van der Waals surface area contributed by atoms with Crippen molar-refractivity contribution in [1.29, 1.82) is 0 Å². The number of carboxylic acids is 2. The van der Waals surface area contributed by atoms with Crippen LogP contribution in [0, 0.1) is 0 Å². The molecule has 6 heteroatoms. The number of nitrogens with one attached hydrogen (secondary N) is 1. The lowest BCUT2D eigenvalue weighted by atomic mass is 9.96. The molecule has 0 aromatic rings. The van der Waals surface area contributed by atoms with E-state index in [1.165, 1.54) is 57.8 Å². The highest BCUT2D eigenvalue weighted by Crippen LogP contribution is 2.16. The molecule has 0 aliphatic carbocycles. The second-order valence-corrected chi connectivity index (χ2v) is 9.03. The summed E-state index contributed by atoms with van der Waals surface area (Å²) in [7, 11) is 5.40. The van der Waals surface area contributed by atoms with E-state index >= 15 is 0 Å². The summed E-state index contributed by atoms with van der Waals surface area (Å²) in [5, 5.41) is 21.6. The molecule has 0 aliphatic heterocycles. The van der Waals surface area contributed by atoms with Gasteiger partial charge < -0.3 is 24.8 Å². The predicted octanol–water partition coefficient (Wildman–Crippen LogP) is 2.80. The van der Waals surface area contributed by atoms with Gasteiger partial charge >= 0.3 is 5.97 Å². The van der Waals surface area contributed by atoms with Gasteiger partial charge in [0.05, 0.1) is 33.7 Å². The molecule has 0 rings (SSSR count). The van der Waals surface area contributed by atoms with E-state index in [1.54, 1.807) is 21.1 Å². The average molecular weight is 389 g/mol. The van der Waals surface area contributed by atoms with Crippen LogP contribution in [0.1, 0.15) is 85.0 Å². The molecule has 0 aliphatic rings. The van der Waals surface area contributed by atoms with Gasteiger partial charge in [0, 0.05) is 5.54 Å². The zero-order chi connectivity index (χ0) is 21.3. The normalized spacial score (nSPS) is 11.6. The Morgan fingerprint density at radius 2 is 1.37 bits per heavy atom. The first-order valence-corrected chi connectivity index (χ1v) is 10.4. The van der Waals surface area contributed by atoms with Gasteiger partial charge in [0.1, 0.15) is 6.54 Å². The van der Waals surface area contributed by atoms with Crippen LogP contribution in [0.25, 0.3) is 0 Å². The summed E-state index contributed by atoms with van der Waals surface area (Å²) in [5.74, 6) is -1.78. The monoisotopic (exact) mass is 388 g/mol. The van der Waals surface area contributed by atoms with E-state index in [0.717, 1.165) is 6.42 Å². The summed E-state index contributed by atoms with van der Waals surface area (Å²) in [5.41, 5.74) is -0.0560. The molecule has 0 saturated carbocycles. The third-order valence-corrected chi connectivity index (χ3v) is 4.23. The molecule has 0 saturated heterocycles. The number of unbranched alkanes of at least 4 members (excludes halogenated alkanes) is 8. The Bertz CT molecular complexity index is 390. The minimum atomic E-state index is -1.00. The van der Waals surface area contributed by atoms with E-state index < -0.39 is 11.9 Å². The first-order valence-electron chi connectivity index (χ1n) is 10.4. The highest BCUT2D eigenvalue weighted by atomic mass is 16.4. The number of quaternary nitrogens is 1. The van der Waals surface area contributed by atoms with Crippen LogP contribution in [0.5, 0.6) is 0 Å². The van der Waals surface area contributed by atoms with Gasteiger partial charge in [0.15, 0.2) is 0 Å². The topological polar surface area (TPSA) is 89.5 Å². The Balaban J connectivity index is 0. The molecule has 0 heterocycles. The lowest BCUT2D eigenvalue weighted by Crippen LogP contribution is -2.45. The lowest BCUT2D eigenvalue weighted by Gasteiger charge is -2.25. The fourth-order valence-corrected chi connectivity index (χ4v) is 2.67. The minimum Gasteiger partial charge on any atom is -0.544 e. The molecule has 0 bridgehead atoms. The van der Waals surface area contributed by atoms with Crippen LogP contribution in [-0.2, 0) is 9.59 Å². The van der Waals surface area contributed by atoms with E-state index in [-0.39, 0.29) is 18.6 Å². The van der Waals surface area contributed by atoms with E-state index in [0.29, 0.717) is 4.48 Å². The molecule has 2 N–H and O–H groups in total. The maximum Gasteiger partial charge on any atom is 0.317 e. The van der Waals surface area contributed by atoms with Crippen LogP contribution in [0.4, 0.5) is 0 Å². The van der Waals surface area contributed by atoms with E-state index in [2.05, 4.69) is 26.1 Å². The second kappa shape index (κ2) is 15.9. The summed E-state index contributed by atoms with van der Waals surface area (Å²) >= 11 is 0. The number of carboxylic acid groups (broad SMARTS) is 2. The molecular weight excluding hydrogens is 344 g/mol. The number of carbonyl (C=O) groups excluding carboxylic acids is 1. The quantitative estimate of drug-likeness (QED) is 0.333. The first-order chi connectivity index (χ1) is 12.4. The first kappa shape index (κ1) is 28.1. The van der Waals surface area contributed by atoms with Crippen molar-refractivity contribution >= 4 is 11.9 Å². The number of likely N-dealkylation sites (N-methyl/N-ethyl adjacent to an activating group) is 1. The number of rotatable bonds is 15. The summed E-state index contributed by atoms with van der Waals surface area (Å²) < 4.78 is 0.419. The maximum absolute atomic E-state index is 10.5. The Hall–Kier alpha value is -1.14. The molecule has 27 heavy (non-hydrogen) atoms. The van der Waals surface area contributed by atoms with Crippen molar-refractivity contribution in [2.75, 3.05) is 34.2 Å². The van der Waals surface area contributed by atoms with Crippen LogP contribution in [-0.4, -0.2) is 61.3 Å². The van der Waals surface area contributed by atoms with Crippen molar-refractivity contribution in [3.05, 3.63) is 0 Å². The summed E-state index contributed by atoms with van der Waals surface area (Å²) in [6.45, 7) is 6.55. The Kier molecular flexibility index (Phi) is 16.5. The summed E-state index contributed by atoms with van der Waals surface area (Å²) in [6.07, 6.45) is 13.0. The summed E-state index contributed by atoms with van der Waals surface area (Å²) in [6, 6.07) is 0. The fourth-order valence-electron chi connectivity index (χ4n) is 2.67. The maximum atomic E-state index is 10.5. The Morgan fingerprint density at radius 1 is 0.926 bits per heavy atom. The molecule has 0 aromatic carbocycles. The van der Waals surface area contributed by atoms with Gasteiger partial charge in [0.25, 0.3) is 0 Å². The van der Waals surface area contributed by atoms with Gasteiger partial charge in [-0.15, -0.1) is 0 Å². The van der Waals surface area contributed by atoms with Crippen molar-refractivity contribution < 1.29 is 24.3 Å². The van der Waals surface area contributed by atoms with Crippen molar-refractivity contribution in [2.24, 2.45) is 0 Å². The zero-order valence-corrected chi connectivity index (χ0v) is 18.6. The van der Waals surface area contributed by atoms with Gasteiger partial charge in [0.2, 0.25) is 0 Å². The molecule has 0 amide bonds. The van der Waals surface area contributed by atoms with Crippen LogP contribution in [0.15, 0.2) is 0 Å². The molecule has 0 spiro atoms. The zero-order valence-electron chi connectivity index (χ0n) is 18.6. The van der Waals surface area contributed by atoms with Gasteiger partial charge in [-0.05, 0) is 20.3 Å². The fraction of sp³-hybridized carbons (Fsp3) is 0.905. The number of hydrogen-bond acceptors (Lipinski definition) is 4. The van der Waals surface area contributed by atoms with Gasteiger partial charge in [-0.2, -0.15) is 0 Å². The minimum absolute atomic E-state index is 0.0560. The molecule has 6 nitrogen and oxygen atoms in total. The van der Waals surface area contributed by atoms with Crippen LogP contribution >= 0.6 is 0 Å². The van der Waals surface area contributed by atoms with E-state index in [9.17, 15) is 14.7 Å². The van der Waals surface area contributed by atoms with Crippen molar-refractivity contribution in [3.8, 4) is 0 Å². The molecule has 0 unspecified atom stereocenters. The second-order valence-electron chi connectivity index (χ2n) is 9.03. The standard InChI is InChI=1S/C16H33NO2.C5H11NO2/c1-4-5-6-7-8-9-10-11-12-13-16(2,3)17-14-15(18)19;1-6(2,3)4-5(7)8/h17H,4-14H2,1-3H3,(H,18,19);4H2,1-3H3. The van der Waals surface area contributed by atoms with Crippen molar-refractivity contribution in [2.45, 2.75) is 90.5 Å². The molecule has 0 radical (unpaired) electrons. The van der Waals surface area contributed by atoms with E-state index in [1.807, 2.05) is 0 Å². The van der Waals surface area contributed by atoms with Crippen molar-refractivity contribution in [3.63, 3.8) is 0 Å². The SMILES string of the molecule is CCCCCCCCCCCC(C)(C)NCC(=O)O.C[N+](C)(C)CC(=O)[O-]. The molecule has 0 fully saturated rings. The van der Waals surface area contributed by atoms with Crippen LogP contribution < -0.4 is 10.4 Å². The Labute approximate surface area is 166 Å². The average Bonchev–Trinajstić information content (AvgIpc) is 2.50. The molecular formula is C21H44N2O4. The number of carbonyl (C=O) groups is 2.